The van der Waals surface area contributed by atoms with Crippen LogP contribution in [0.3, 0.4) is 0 Å². The Morgan fingerprint density at radius 3 is 2.62 bits per heavy atom. The average molecular weight is 197 g/mol. The molecule has 0 fully saturated rings. The van der Waals surface area contributed by atoms with Gasteiger partial charge < -0.3 is 10.6 Å². The first-order chi connectivity index (χ1) is 6.40. The van der Waals surface area contributed by atoms with Gasteiger partial charge in [-0.05, 0) is 18.8 Å². The van der Waals surface area contributed by atoms with E-state index in [-0.39, 0.29) is 0 Å². The quantitative estimate of drug-likeness (QED) is 0.674. The zero-order valence-electron chi connectivity index (χ0n) is 8.42. The second kappa shape index (κ2) is 5.22. The van der Waals surface area contributed by atoms with E-state index in [1.165, 1.54) is 11.4 Å². The molecule has 0 saturated heterocycles. The molecule has 1 aliphatic carbocycles. The molecule has 2 rings (SSSR count). The summed E-state index contributed by atoms with van der Waals surface area (Å²) in [5, 5.41) is 6.72. The van der Waals surface area contributed by atoms with Crippen LogP contribution in [0.1, 0.15) is 20.3 Å². The van der Waals surface area contributed by atoms with Gasteiger partial charge in [0.25, 0.3) is 0 Å². The molecule has 1 radical (unpaired) electrons. The minimum absolute atomic E-state index is 0.360. The summed E-state index contributed by atoms with van der Waals surface area (Å²) < 4.78 is 0. The Kier molecular flexibility index (Phi) is 4.22. The zero-order chi connectivity index (χ0) is 9.68. The van der Waals surface area contributed by atoms with Crippen molar-refractivity contribution in [2.45, 2.75) is 25.8 Å². The van der Waals surface area contributed by atoms with Gasteiger partial charge in [-0.3, -0.25) is 0 Å². The van der Waals surface area contributed by atoms with Gasteiger partial charge in [-0.1, -0.05) is 19.9 Å². The van der Waals surface area contributed by atoms with Crippen molar-refractivity contribution in [2.75, 3.05) is 6.26 Å². The minimum Gasteiger partial charge on any atom is -0.358 e. The lowest BCUT2D eigenvalue weighted by Gasteiger charge is -2.08. The fourth-order valence-corrected chi connectivity index (χ4v) is 1.76. The van der Waals surface area contributed by atoms with Crippen LogP contribution in [0, 0.1) is 6.42 Å². The van der Waals surface area contributed by atoms with Crippen molar-refractivity contribution < 1.29 is 0 Å². The van der Waals surface area contributed by atoms with Crippen molar-refractivity contribution >= 4 is 11.8 Å². The normalized spacial score (nSPS) is 24.1. The van der Waals surface area contributed by atoms with E-state index in [2.05, 4.69) is 35.5 Å². The number of allylic oxidation sites excluding steroid dienone is 3. The van der Waals surface area contributed by atoms with E-state index in [0.717, 1.165) is 6.42 Å². The lowest BCUT2D eigenvalue weighted by Crippen LogP contribution is -2.28. The molecule has 2 N–H and O–H groups in total. The maximum atomic E-state index is 3.37. The van der Waals surface area contributed by atoms with Crippen LogP contribution in [0.15, 0.2) is 23.5 Å². The summed E-state index contributed by atoms with van der Waals surface area (Å²) in [6, 6.07) is 0. The lowest BCUT2D eigenvalue weighted by atomic mass is 10.1. The molecule has 0 saturated carbocycles. The summed E-state index contributed by atoms with van der Waals surface area (Å²) in [6.07, 6.45) is 9.65. The van der Waals surface area contributed by atoms with Gasteiger partial charge in [-0.15, -0.1) is 11.8 Å². The van der Waals surface area contributed by atoms with Crippen molar-refractivity contribution in [3.63, 3.8) is 0 Å². The van der Waals surface area contributed by atoms with Crippen molar-refractivity contribution in [3.8, 4) is 0 Å². The molecule has 13 heavy (non-hydrogen) atoms. The van der Waals surface area contributed by atoms with Crippen LogP contribution in [0.2, 0.25) is 0 Å². The van der Waals surface area contributed by atoms with E-state index in [4.69, 9.17) is 0 Å². The summed E-state index contributed by atoms with van der Waals surface area (Å²) in [5.41, 5.74) is 2.85. The molecule has 0 spiro atoms. The van der Waals surface area contributed by atoms with E-state index in [1.54, 1.807) is 11.8 Å². The molecular formula is C10H17N2S. The van der Waals surface area contributed by atoms with Gasteiger partial charge in [0.2, 0.25) is 0 Å². The first kappa shape index (κ1) is 10.5. The van der Waals surface area contributed by atoms with E-state index < -0.39 is 0 Å². The van der Waals surface area contributed by atoms with Crippen molar-refractivity contribution in [1.29, 1.82) is 0 Å². The predicted molar refractivity (Wildman–Crippen MR) is 60.0 cm³/mol. The minimum atomic E-state index is 0.360. The van der Waals surface area contributed by atoms with Crippen LogP contribution in [0.4, 0.5) is 0 Å². The fraction of sp³-hybridized carbons (Fsp3) is 0.500. The van der Waals surface area contributed by atoms with Gasteiger partial charge in [0.15, 0.2) is 0 Å². The molecular weight excluding hydrogens is 180 g/mol. The predicted octanol–water partition coefficient (Wildman–Crippen LogP) is 2.23. The van der Waals surface area contributed by atoms with Gasteiger partial charge >= 0.3 is 0 Å². The Bertz CT molecular complexity index is 221. The molecule has 1 atom stereocenters. The first-order valence-corrected chi connectivity index (χ1v) is 5.99. The second-order valence-electron chi connectivity index (χ2n) is 2.57. The van der Waals surface area contributed by atoms with Crippen molar-refractivity contribution in [3.05, 3.63) is 30.0 Å². The van der Waals surface area contributed by atoms with Crippen LogP contribution in [-0.2, 0) is 0 Å². The number of hydrogen-bond donors (Lipinski definition) is 2. The summed E-state index contributed by atoms with van der Waals surface area (Å²) >= 11 is 1.78. The Hall–Kier alpha value is -0.570. The molecule has 1 unspecified atom stereocenters. The van der Waals surface area contributed by atoms with Gasteiger partial charge in [0, 0.05) is 12.1 Å². The van der Waals surface area contributed by atoms with Crippen LogP contribution < -0.4 is 10.6 Å². The average Bonchev–Trinajstić information content (AvgIpc) is 2.63. The van der Waals surface area contributed by atoms with Gasteiger partial charge in [0.05, 0.1) is 5.70 Å². The molecule has 2 nitrogen and oxygen atoms in total. The third kappa shape index (κ3) is 2.44. The zero-order valence-corrected chi connectivity index (χ0v) is 9.24. The standard InChI is InChI=1S/C8H11N2S.C2H6/c1-11-8-9-6-4-2-3-5-7(6)10-8;1-2/h2,4-5,8-10H,3H2,1H3;1-2H3. The molecule has 0 aromatic heterocycles. The highest BCUT2D eigenvalue weighted by molar-refractivity contribution is 7.99. The highest BCUT2D eigenvalue weighted by Gasteiger charge is 2.20. The molecule has 73 valence electrons. The summed E-state index contributed by atoms with van der Waals surface area (Å²) in [4.78, 5) is 0. The largest absolute Gasteiger partial charge is 0.358 e. The van der Waals surface area contributed by atoms with Gasteiger partial charge in [-0.2, -0.15) is 0 Å². The Labute approximate surface area is 84.9 Å². The maximum Gasteiger partial charge on any atom is 0.145 e. The Morgan fingerprint density at radius 2 is 2.00 bits per heavy atom. The number of hydrogen-bond acceptors (Lipinski definition) is 3. The van der Waals surface area contributed by atoms with Crippen LogP contribution in [-0.4, -0.2) is 11.8 Å². The summed E-state index contributed by atoms with van der Waals surface area (Å²) in [7, 11) is 0. The van der Waals surface area contributed by atoms with E-state index in [0.29, 0.717) is 5.50 Å². The fourth-order valence-electron chi connectivity index (χ4n) is 1.27. The van der Waals surface area contributed by atoms with E-state index in [9.17, 15) is 0 Å². The first-order valence-electron chi connectivity index (χ1n) is 4.70. The molecule has 0 aromatic carbocycles. The molecule has 0 aromatic rings. The third-order valence-corrected chi connectivity index (χ3v) is 2.55. The van der Waals surface area contributed by atoms with E-state index in [1.807, 2.05) is 13.8 Å². The summed E-state index contributed by atoms with van der Waals surface area (Å²) in [5.74, 6) is 0. The number of rotatable bonds is 1. The molecule has 3 heteroatoms. The Morgan fingerprint density at radius 1 is 1.31 bits per heavy atom. The third-order valence-electron chi connectivity index (χ3n) is 1.84. The lowest BCUT2D eigenvalue weighted by molar-refractivity contribution is 0.748. The molecule has 2 aliphatic rings. The van der Waals surface area contributed by atoms with Crippen LogP contribution in [0.5, 0.6) is 0 Å². The second-order valence-corrected chi connectivity index (χ2v) is 3.52. The topological polar surface area (TPSA) is 24.1 Å². The smallest absolute Gasteiger partial charge is 0.145 e. The van der Waals surface area contributed by atoms with Gasteiger partial charge in [0.1, 0.15) is 5.50 Å². The monoisotopic (exact) mass is 197 g/mol. The van der Waals surface area contributed by atoms with Gasteiger partial charge in [-0.25, -0.2) is 0 Å². The highest BCUT2D eigenvalue weighted by atomic mass is 32.2. The van der Waals surface area contributed by atoms with E-state index >= 15 is 0 Å². The molecule has 1 aliphatic heterocycles. The SMILES string of the molecule is CC.CSC1NC2=C(C=CC[CH]2)N1. The number of thioether (sulfide) groups is 1. The molecule has 1 heterocycles. The van der Waals surface area contributed by atoms with Crippen LogP contribution in [0.25, 0.3) is 0 Å². The Balaban J connectivity index is 0.000000396. The number of nitrogens with one attached hydrogen (secondary N) is 2. The van der Waals surface area contributed by atoms with Crippen LogP contribution >= 0.6 is 11.8 Å². The summed E-state index contributed by atoms with van der Waals surface area (Å²) in [6.45, 7) is 4.00. The van der Waals surface area contributed by atoms with Crippen molar-refractivity contribution in [1.82, 2.24) is 10.6 Å². The molecule has 0 amide bonds. The molecule has 0 bridgehead atoms. The maximum absolute atomic E-state index is 3.37. The van der Waals surface area contributed by atoms with Crippen molar-refractivity contribution in [2.24, 2.45) is 0 Å². The highest BCUT2D eigenvalue weighted by Crippen LogP contribution is 2.21.